The van der Waals surface area contributed by atoms with Crippen molar-refractivity contribution in [3.63, 3.8) is 0 Å². The van der Waals surface area contributed by atoms with Crippen LogP contribution in [0, 0.1) is 0 Å². The van der Waals surface area contributed by atoms with Gasteiger partial charge in [-0.2, -0.15) is 0 Å². The summed E-state index contributed by atoms with van der Waals surface area (Å²) in [5, 5.41) is 0. The highest BCUT2D eigenvalue weighted by molar-refractivity contribution is 5.97. The molecule has 1 fully saturated rings. The van der Waals surface area contributed by atoms with E-state index < -0.39 is 0 Å². The summed E-state index contributed by atoms with van der Waals surface area (Å²) in [6, 6.07) is 13.4. The number of piperazine rings is 1. The van der Waals surface area contributed by atoms with E-state index in [0.717, 1.165) is 35.0 Å². The Kier molecular flexibility index (Phi) is 4.90. The Bertz CT molecular complexity index is 821. The highest BCUT2D eigenvalue weighted by atomic mass is 16.6. The van der Waals surface area contributed by atoms with Crippen LogP contribution in [0.2, 0.25) is 0 Å². The van der Waals surface area contributed by atoms with Crippen LogP contribution in [0.25, 0.3) is 0 Å². The second-order valence-corrected chi connectivity index (χ2v) is 6.81. The molecule has 2 heterocycles. The van der Waals surface area contributed by atoms with E-state index in [9.17, 15) is 4.79 Å². The number of anilines is 1. The maximum absolute atomic E-state index is 12.9. The molecule has 0 aliphatic carbocycles. The van der Waals surface area contributed by atoms with E-state index in [2.05, 4.69) is 4.90 Å². The molecule has 1 atom stereocenters. The zero-order chi connectivity index (χ0) is 18.8. The Morgan fingerprint density at radius 3 is 2.52 bits per heavy atom. The van der Waals surface area contributed by atoms with Gasteiger partial charge in [-0.3, -0.25) is 9.69 Å². The van der Waals surface area contributed by atoms with Crippen LogP contribution in [0.15, 0.2) is 42.5 Å². The lowest BCUT2D eigenvalue weighted by Crippen LogP contribution is -2.55. The fourth-order valence-corrected chi connectivity index (χ4v) is 3.57. The molecule has 2 aromatic rings. The third-order valence-corrected chi connectivity index (χ3v) is 5.16. The molecule has 1 amide bonds. The number of carbonyl (C=O) groups is 1. The van der Waals surface area contributed by atoms with Crippen LogP contribution in [0.5, 0.6) is 17.2 Å². The van der Waals surface area contributed by atoms with Crippen molar-refractivity contribution in [1.29, 1.82) is 0 Å². The Labute approximate surface area is 159 Å². The van der Waals surface area contributed by atoms with Crippen molar-refractivity contribution in [3.8, 4) is 17.2 Å². The topological polar surface area (TPSA) is 51.2 Å². The summed E-state index contributed by atoms with van der Waals surface area (Å²) in [5.74, 6) is 2.48. The smallest absolute Gasteiger partial charge is 0.244 e. The van der Waals surface area contributed by atoms with Gasteiger partial charge in [-0.25, -0.2) is 0 Å². The van der Waals surface area contributed by atoms with E-state index >= 15 is 0 Å². The van der Waals surface area contributed by atoms with Gasteiger partial charge >= 0.3 is 0 Å². The lowest BCUT2D eigenvalue weighted by molar-refractivity contribution is -0.125. The van der Waals surface area contributed by atoms with E-state index in [1.807, 2.05) is 54.3 Å². The molecule has 142 valence electrons. The van der Waals surface area contributed by atoms with E-state index in [-0.39, 0.29) is 11.9 Å². The van der Waals surface area contributed by atoms with Crippen molar-refractivity contribution in [2.45, 2.75) is 19.5 Å². The molecule has 1 saturated heterocycles. The summed E-state index contributed by atoms with van der Waals surface area (Å²) in [6.45, 7) is 5.32. The average Bonchev–Trinajstić information content (AvgIpc) is 2.72. The Morgan fingerprint density at radius 2 is 1.78 bits per heavy atom. The fourth-order valence-electron chi connectivity index (χ4n) is 3.57. The zero-order valence-corrected chi connectivity index (χ0v) is 15.7. The van der Waals surface area contributed by atoms with Crippen LogP contribution in [0.3, 0.4) is 0 Å². The van der Waals surface area contributed by atoms with Crippen LogP contribution in [0.4, 0.5) is 5.69 Å². The third kappa shape index (κ3) is 3.57. The number of benzene rings is 2. The summed E-state index contributed by atoms with van der Waals surface area (Å²) in [6.07, 6.45) is 0. The molecule has 0 spiro atoms. The first-order chi connectivity index (χ1) is 13.2. The quantitative estimate of drug-likeness (QED) is 0.831. The number of ether oxygens (including phenoxy) is 3. The van der Waals surface area contributed by atoms with Crippen molar-refractivity contribution >= 4 is 11.6 Å². The third-order valence-electron chi connectivity index (χ3n) is 5.16. The number of methoxy groups -OCH3 is 1. The minimum atomic E-state index is -0.186. The minimum Gasteiger partial charge on any atom is -0.497 e. The van der Waals surface area contributed by atoms with E-state index in [1.165, 1.54) is 0 Å². The first kappa shape index (κ1) is 17.7. The van der Waals surface area contributed by atoms with Crippen molar-refractivity contribution < 1.29 is 19.0 Å². The Morgan fingerprint density at radius 1 is 1.04 bits per heavy atom. The van der Waals surface area contributed by atoms with Crippen molar-refractivity contribution in [3.05, 3.63) is 48.0 Å². The molecule has 6 nitrogen and oxygen atoms in total. The van der Waals surface area contributed by atoms with Crippen molar-refractivity contribution in [1.82, 2.24) is 4.90 Å². The number of nitrogens with zero attached hydrogens (tertiary/aromatic N) is 2. The molecule has 6 heteroatoms. The molecule has 0 bridgehead atoms. The van der Waals surface area contributed by atoms with Crippen LogP contribution in [-0.2, 0) is 11.3 Å². The standard InChI is InChI=1S/C21H24N2O4/c1-15-21(24)23(17-4-6-18(25-2)7-5-17)10-9-22(15)14-16-3-8-19-20(13-16)27-12-11-26-19/h3-8,13,15H,9-12,14H2,1-2H3/t15-/m1/s1. The molecule has 2 aliphatic rings. The molecule has 27 heavy (non-hydrogen) atoms. The monoisotopic (exact) mass is 368 g/mol. The zero-order valence-electron chi connectivity index (χ0n) is 15.7. The van der Waals surface area contributed by atoms with Gasteiger partial charge in [0.1, 0.15) is 19.0 Å². The summed E-state index contributed by atoms with van der Waals surface area (Å²) in [7, 11) is 1.64. The summed E-state index contributed by atoms with van der Waals surface area (Å²) < 4.78 is 16.4. The van der Waals surface area contributed by atoms with Gasteiger partial charge in [0, 0.05) is 25.3 Å². The molecule has 0 saturated carbocycles. The maximum atomic E-state index is 12.9. The summed E-state index contributed by atoms with van der Waals surface area (Å²) in [5.41, 5.74) is 2.03. The van der Waals surface area contributed by atoms with Gasteiger partial charge in [0.15, 0.2) is 11.5 Å². The largest absolute Gasteiger partial charge is 0.497 e. The second-order valence-electron chi connectivity index (χ2n) is 6.81. The minimum absolute atomic E-state index is 0.115. The SMILES string of the molecule is COc1ccc(N2CCN(Cc3ccc4c(c3)OCCO4)[C@H](C)C2=O)cc1. The van der Waals surface area contributed by atoms with Crippen molar-refractivity contribution in [2.75, 3.05) is 38.3 Å². The molecule has 2 aliphatic heterocycles. The number of fused-ring (bicyclic) bond motifs is 1. The molecule has 0 radical (unpaired) electrons. The fraction of sp³-hybridized carbons (Fsp3) is 0.381. The first-order valence-corrected chi connectivity index (χ1v) is 9.24. The summed E-state index contributed by atoms with van der Waals surface area (Å²) >= 11 is 0. The van der Waals surface area contributed by atoms with Gasteiger partial charge in [-0.1, -0.05) is 6.07 Å². The molecule has 0 N–H and O–H groups in total. The molecule has 0 unspecified atom stereocenters. The van der Waals surface area contributed by atoms with Crippen molar-refractivity contribution in [2.24, 2.45) is 0 Å². The van der Waals surface area contributed by atoms with Crippen LogP contribution >= 0.6 is 0 Å². The van der Waals surface area contributed by atoms with Gasteiger partial charge in [0.25, 0.3) is 0 Å². The second kappa shape index (κ2) is 7.48. The average molecular weight is 368 g/mol. The highest BCUT2D eigenvalue weighted by Gasteiger charge is 2.32. The number of amides is 1. The van der Waals surface area contributed by atoms with Crippen LogP contribution < -0.4 is 19.1 Å². The number of carbonyl (C=O) groups excluding carboxylic acids is 1. The number of hydrogen-bond donors (Lipinski definition) is 0. The number of rotatable bonds is 4. The van der Waals surface area contributed by atoms with Gasteiger partial charge in [0.2, 0.25) is 5.91 Å². The molecular weight excluding hydrogens is 344 g/mol. The molecule has 4 rings (SSSR count). The lowest BCUT2D eigenvalue weighted by Gasteiger charge is -2.39. The Hall–Kier alpha value is -2.73. The molecule has 2 aromatic carbocycles. The molecule has 0 aromatic heterocycles. The van der Waals surface area contributed by atoms with Gasteiger partial charge < -0.3 is 19.1 Å². The highest BCUT2D eigenvalue weighted by Crippen LogP contribution is 2.32. The Balaban J connectivity index is 1.45. The van der Waals surface area contributed by atoms with Gasteiger partial charge in [-0.05, 0) is 48.9 Å². The number of hydrogen-bond acceptors (Lipinski definition) is 5. The predicted octanol–water partition coefficient (Wildman–Crippen LogP) is 2.70. The summed E-state index contributed by atoms with van der Waals surface area (Å²) in [4.78, 5) is 17.0. The predicted molar refractivity (Wildman–Crippen MR) is 103 cm³/mol. The maximum Gasteiger partial charge on any atom is 0.244 e. The van der Waals surface area contributed by atoms with Gasteiger partial charge in [-0.15, -0.1) is 0 Å². The normalized spacial score (nSPS) is 19.9. The van der Waals surface area contributed by atoms with Crippen LogP contribution in [-0.4, -0.2) is 50.3 Å². The van der Waals surface area contributed by atoms with E-state index in [0.29, 0.717) is 26.3 Å². The van der Waals surface area contributed by atoms with E-state index in [4.69, 9.17) is 14.2 Å². The van der Waals surface area contributed by atoms with Crippen LogP contribution in [0.1, 0.15) is 12.5 Å². The lowest BCUT2D eigenvalue weighted by atomic mass is 10.1. The molecular formula is C21H24N2O4. The van der Waals surface area contributed by atoms with Gasteiger partial charge in [0.05, 0.1) is 13.2 Å². The van der Waals surface area contributed by atoms with E-state index in [1.54, 1.807) is 7.11 Å². The first-order valence-electron chi connectivity index (χ1n) is 9.24.